The van der Waals surface area contributed by atoms with Gasteiger partial charge in [0.05, 0.1) is 4.92 Å². The summed E-state index contributed by atoms with van der Waals surface area (Å²) in [5.41, 5.74) is -0.744. The number of hydrogen-bond acceptors (Lipinski definition) is 5. The van der Waals surface area contributed by atoms with Crippen LogP contribution in [0.4, 0.5) is 5.69 Å². The molecule has 0 bridgehead atoms. The van der Waals surface area contributed by atoms with Crippen LogP contribution in [0.1, 0.15) is 10.4 Å². The van der Waals surface area contributed by atoms with Crippen LogP contribution >= 0.6 is 11.6 Å². The van der Waals surface area contributed by atoms with E-state index in [1.165, 1.54) is 0 Å². The van der Waals surface area contributed by atoms with Crippen molar-refractivity contribution in [1.82, 2.24) is 0 Å². The van der Waals surface area contributed by atoms with Gasteiger partial charge in [0.25, 0.3) is 10.9 Å². The molecule has 1 aromatic rings. The van der Waals surface area contributed by atoms with Crippen molar-refractivity contribution in [2.24, 2.45) is 0 Å². The van der Waals surface area contributed by atoms with Crippen molar-refractivity contribution in [3.63, 3.8) is 0 Å². The molecule has 0 saturated heterocycles. The number of benzene rings is 1. The van der Waals surface area contributed by atoms with Gasteiger partial charge in [-0.05, 0) is 23.1 Å². The molecule has 2 N–H and O–H groups in total. The fourth-order valence-corrected chi connectivity index (χ4v) is 1.11. The minimum atomic E-state index is -1.89. The first-order valence-corrected chi connectivity index (χ1v) is 4.15. The van der Waals surface area contributed by atoms with Crippen molar-refractivity contribution in [2.45, 2.75) is 0 Å². The smallest absolute Gasteiger partial charge is 0.423 e. The van der Waals surface area contributed by atoms with Crippen LogP contribution in [0.2, 0.25) is 0 Å². The molecule has 15 heavy (non-hydrogen) atoms. The van der Waals surface area contributed by atoms with Gasteiger partial charge in [-0.25, -0.2) is 0 Å². The fraction of sp³-hybridized carbons (Fsp3) is 0. The van der Waals surface area contributed by atoms with Gasteiger partial charge < -0.3 is 10.0 Å². The number of nitro benzene ring substituents is 1. The SMILES string of the molecule is O=C(Cl)c1cc(B(O)O)cc([N+](=O)[O-])c1. The second-order valence-corrected chi connectivity index (χ2v) is 3.06. The molecule has 0 atom stereocenters. The number of carbonyl (C=O) groups is 1. The number of hydrogen-bond donors (Lipinski definition) is 2. The molecule has 78 valence electrons. The van der Waals surface area contributed by atoms with E-state index in [1.807, 2.05) is 0 Å². The van der Waals surface area contributed by atoms with Crippen LogP contribution < -0.4 is 5.46 Å². The third-order valence-corrected chi connectivity index (χ3v) is 1.89. The monoisotopic (exact) mass is 229 g/mol. The Balaban J connectivity index is 3.32. The van der Waals surface area contributed by atoms with Gasteiger partial charge in [0, 0.05) is 17.7 Å². The Labute approximate surface area is 89.4 Å². The summed E-state index contributed by atoms with van der Waals surface area (Å²) in [5, 5.41) is 27.2. The molecule has 0 spiro atoms. The maximum atomic E-state index is 10.8. The van der Waals surface area contributed by atoms with Crippen molar-refractivity contribution in [3.8, 4) is 0 Å². The summed E-state index contributed by atoms with van der Waals surface area (Å²) in [4.78, 5) is 20.5. The number of nitro groups is 1. The van der Waals surface area contributed by atoms with Crippen LogP contribution in [0.25, 0.3) is 0 Å². The molecular formula is C7H5BClNO5. The lowest BCUT2D eigenvalue weighted by Gasteiger charge is -2.01. The minimum Gasteiger partial charge on any atom is -0.423 e. The van der Waals surface area contributed by atoms with Crippen molar-refractivity contribution in [1.29, 1.82) is 0 Å². The average Bonchev–Trinajstić information content (AvgIpc) is 2.16. The summed E-state index contributed by atoms with van der Waals surface area (Å²) in [7, 11) is -1.89. The van der Waals surface area contributed by atoms with Crippen LogP contribution in [-0.4, -0.2) is 27.3 Å². The Morgan fingerprint density at radius 3 is 2.40 bits per heavy atom. The zero-order valence-corrected chi connectivity index (χ0v) is 8.01. The lowest BCUT2D eigenvalue weighted by Crippen LogP contribution is -2.30. The predicted octanol–water partition coefficient (Wildman–Crippen LogP) is -0.346. The maximum Gasteiger partial charge on any atom is 0.488 e. The molecule has 0 heterocycles. The Bertz CT molecular complexity index is 390. The Morgan fingerprint density at radius 2 is 2.00 bits per heavy atom. The third kappa shape index (κ3) is 2.75. The highest BCUT2D eigenvalue weighted by Crippen LogP contribution is 2.13. The summed E-state index contributed by atoms with van der Waals surface area (Å²) in [6, 6.07) is 2.99. The molecule has 0 aliphatic heterocycles. The van der Waals surface area contributed by atoms with Gasteiger partial charge in [0.2, 0.25) is 0 Å². The normalized spacial score (nSPS) is 9.80. The molecule has 8 heteroatoms. The molecule has 0 aliphatic rings. The van der Waals surface area contributed by atoms with E-state index in [4.69, 9.17) is 21.6 Å². The number of non-ortho nitro benzene ring substituents is 1. The number of carbonyl (C=O) groups excluding carboxylic acids is 1. The second-order valence-electron chi connectivity index (χ2n) is 2.72. The zero-order valence-electron chi connectivity index (χ0n) is 7.25. The van der Waals surface area contributed by atoms with E-state index in [0.717, 1.165) is 18.2 Å². The molecule has 0 aromatic heterocycles. The lowest BCUT2D eigenvalue weighted by molar-refractivity contribution is -0.384. The van der Waals surface area contributed by atoms with Gasteiger partial charge in [-0.2, -0.15) is 0 Å². The molecule has 1 aromatic carbocycles. The number of halogens is 1. The van der Waals surface area contributed by atoms with Gasteiger partial charge in [-0.1, -0.05) is 0 Å². The van der Waals surface area contributed by atoms with Gasteiger partial charge in [-0.3, -0.25) is 14.9 Å². The van der Waals surface area contributed by atoms with Crippen molar-refractivity contribution in [2.75, 3.05) is 0 Å². The summed E-state index contributed by atoms with van der Waals surface area (Å²) in [6.45, 7) is 0. The van der Waals surface area contributed by atoms with Gasteiger partial charge in [0.1, 0.15) is 0 Å². The fourth-order valence-electron chi connectivity index (χ4n) is 1.00. The van der Waals surface area contributed by atoms with Crippen molar-refractivity contribution >= 4 is 35.1 Å². The molecule has 0 amide bonds. The molecule has 0 unspecified atom stereocenters. The Hall–Kier alpha value is -1.44. The first-order valence-electron chi connectivity index (χ1n) is 3.77. The van der Waals surface area contributed by atoms with E-state index >= 15 is 0 Å². The van der Waals surface area contributed by atoms with E-state index in [0.29, 0.717) is 0 Å². The largest absolute Gasteiger partial charge is 0.488 e. The van der Waals surface area contributed by atoms with Gasteiger partial charge >= 0.3 is 7.12 Å². The average molecular weight is 229 g/mol. The third-order valence-electron chi connectivity index (χ3n) is 1.68. The highest BCUT2D eigenvalue weighted by Gasteiger charge is 2.19. The van der Waals surface area contributed by atoms with Crippen LogP contribution in [0.3, 0.4) is 0 Å². The predicted molar refractivity (Wildman–Crippen MR) is 53.1 cm³/mol. The Kier molecular flexibility index (Phi) is 3.41. The molecular weight excluding hydrogens is 224 g/mol. The maximum absolute atomic E-state index is 10.8. The molecule has 0 aliphatic carbocycles. The van der Waals surface area contributed by atoms with Gasteiger partial charge in [-0.15, -0.1) is 0 Å². The lowest BCUT2D eigenvalue weighted by atomic mass is 9.79. The molecule has 0 radical (unpaired) electrons. The van der Waals surface area contributed by atoms with Crippen LogP contribution in [0, 0.1) is 10.1 Å². The quantitative estimate of drug-likeness (QED) is 0.319. The van der Waals surface area contributed by atoms with E-state index < -0.39 is 23.0 Å². The van der Waals surface area contributed by atoms with E-state index in [9.17, 15) is 14.9 Å². The summed E-state index contributed by atoms with van der Waals surface area (Å²) >= 11 is 5.13. The van der Waals surface area contributed by atoms with Crippen molar-refractivity contribution in [3.05, 3.63) is 33.9 Å². The van der Waals surface area contributed by atoms with E-state index in [-0.39, 0.29) is 11.0 Å². The zero-order chi connectivity index (χ0) is 11.6. The number of nitrogens with zero attached hydrogens (tertiary/aromatic N) is 1. The molecule has 0 fully saturated rings. The molecule has 0 saturated carbocycles. The topological polar surface area (TPSA) is 101 Å². The summed E-state index contributed by atoms with van der Waals surface area (Å²) in [6.07, 6.45) is 0. The minimum absolute atomic E-state index is 0.158. The first-order chi connectivity index (χ1) is 6.91. The summed E-state index contributed by atoms with van der Waals surface area (Å²) in [5.74, 6) is 0. The Morgan fingerprint density at radius 1 is 1.40 bits per heavy atom. The number of rotatable bonds is 3. The van der Waals surface area contributed by atoms with E-state index in [2.05, 4.69) is 0 Å². The van der Waals surface area contributed by atoms with Crippen LogP contribution in [0.5, 0.6) is 0 Å². The van der Waals surface area contributed by atoms with Crippen LogP contribution in [0.15, 0.2) is 18.2 Å². The molecule has 6 nitrogen and oxygen atoms in total. The standard InChI is InChI=1S/C7H5BClNO5/c9-7(11)4-1-5(8(12)13)3-6(2-4)10(14)15/h1-3,12-13H. The first kappa shape index (κ1) is 11.6. The van der Waals surface area contributed by atoms with Gasteiger partial charge in [0.15, 0.2) is 0 Å². The van der Waals surface area contributed by atoms with E-state index in [1.54, 1.807) is 0 Å². The second kappa shape index (κ2) is 4.39. The highest BCUT2D eigenvalue weighted by atomic mass is 35.5. The summed E-state index contributed by atoms with van der Waals surface area (Å²) < 4.78 is 0. The highest BCUT2D eigenvalue weighted by molar-refractivity contribution is 6.68. The van der Waals surface area contributed by atoms with Crippen molar-refractivity contribution < 1.29 is 19.8 Å². The molecule has 1 rings (SSSR count). The van der Waals surface area contributed by atoms with Crippen LogP contribution in [-0.2, 0) is 0 Å².